The van der Waals surface area contributed by atoms with Crippen LogP contribution in [0, 0.1) is 23.2 Å². The molecule has 0 radical (unpaired) electrons. The van der Waals surface area contributed by atoms with Crippen molar-refractivity contribution in [3.8, 4) is 11.8 Å². The standard InChI is InChI=1S/C12H16O3/c1-4-5-6-9(11(14)15-3)10(13)12(2)7-8-12/h9H,6-8H2,1-3H3. The van der Waals surface area contributed by atoms with Crippen molar-refractivity contribution in [2.75, 3.05) is 7.11 Å². The number of carbonyl (C=O) groups is 2. The number of hydrogen-bond donors (Lipinski definition) is 0. The van der Waals surface area contributed by atoms with Crippen molar-refractivity contribution >= 4 is 11.8 Å². The van der Waals surface area contributed by atoms with Gasteiger partial charge in [0.1, 0.15) is 5.92 Å². The molecule has 15 heavy (non-hydrogen) atoms. The van der Waals surface area contributed by atoms with Crippen molar-refractivity contribution in [3.63, 3.8) is 0 Å². The fourth-order valence-corrected chi connectivity index (χ4v) is 1.48. The van der Waals surface area contributed by atoms with Gasteiger partial charge in [0.15, 0.2) is 5.78 Å². The summed E-state index contributed by atoms with van der Waals surface area (Å²) in [6, 6.07) is 0. The maximum atomic E-state index is 12.0. The quantitative estimate of drug-likeness (QED) is 0.400. The molecule has 0 aliphatic heterocycles. The molecule has 1 saturated carbocycles. The number of ketones is 1. The van der Waals surface area contributed by atoms with Gasteiger partial charge in [0.2, 0.25) is 0 Å². The number of ether oxygens (including phenoxy) is 1. The van der Waals surface area contributed by atoms with E-state index in [0.717, 1.165) is 12.8 Å². The van der Waals surface area contributed by atoms with Crippen LogP contribution in [0.2, 0.25) is 0 Å². The van der Waals surface area contributed by atoms with Gasteiger partial charge in [-0.1, -0.05) is 6.92 Å². The Morgan fingerprint density at radius 3 is 2.47 bits per heavy atom. The fraction of sp³-hybridized carbons (Fsp3) is 0.667. The van der Waals surface area contributed by atoms with Crippen molar-refractivity contribution < 1.29 is 14.3 Å². The Morgan fingerprint density at radius 1 is 1.47 bits per heavy atom. The van der Waals surface area contributed by atoms with Gasteiger partial charge in [0, 0.05) is 11.8 Å². The third-order valence-electron chi connectivity index (χ3n) is 2.88. The maximum absolute atomic E-state index is 12.0. The lowest BCUT2D eigenvalue weighted by molar-refractivity contribution is -0.150. The predicted octanol–water partition coefficient (Wildman–Crippen LogP) is 1.56. The van der Waals surface area contributed by atoms with E-state index < -0.39 is 11.9 Å². The first-order valence-corrected chi connectivity index (χ1v) is 5.07. The number of methoxy groups -OCH3 is 1. The van der Waals surface area contributed by atoms with Gasteiger partial charge in [-0.05, 0) is 19.8 Å². The molecule has 3 heteroatoms. The van der Waals surface area contributed by atoms with Crippen LogP contribution in [0.3, 0.4) is 0 Å². The molecule has 82 valence electrons. The van der Waals surface area contributed by atoms with Crippen LogP contribution in [0.4, 0.5) is 0 Å². The molecule has 0 saturated heterocycles. The molecule has 3 nitrogen and oxygen atoms in total. The van der Waals surface area contributed by atoms with E-state index in [9.17, 15) is 9.59 Å². The van der Waals surface area contributed by atoms with Gasteiger partial charge in [-0.15, -0.1) is 11.8 Å². The Hall–Kier alpha value is -1.30. The average Bonchev–Trinajstić information content (AvgIpc) is 2.97. The number of rotatable bonds is 4. The molecule has 0 aromatic rings. The highest BCUT2D eigenvalue weighted by atomic mass is 16.5. The zero-order chi connectivity index (χ0) is 11.5. The molecular formula is C12H16O3. The first-order chi connectivity index (χ1) is 7.05. The van der Waals surface area contributed by atoms with Crippen molar-refractivity contribution in [1.82, 2.24) is 0 Å². The van der Waals surface area contributed by atoms with Crippen molar-refractivity contribution in [3.05, 3.63) is 0 Å². The van der Waals surface area contributed by atoms with Crippen LogP contribution in [0.15, 0.2) is 0 Å². The molecule has 0 heterocycles. The van der Waals surface area contributed by atoms with Crippen LogP contribution in [0.5, 0.6) is 0 Å². The van der Waals surface area contributed by atoms with Gasteiger partial charge in [-0.2, -0.15) is 0 Å². The first kappa shape index (κ1) is 11.8. The minimum atomic E-state index is -0.699. The second-order valence-corrected chi connectivity index (χ2v) is 4.13. The molecule has 1 rings (SSSR count). The molecule has 1 aliphatic rings. The summed E-state index contributed by atoms with van der Waals surface area (Å²) in [6.07, 6.45) is 2.02. The largest absolute Gasteiger partial charge is 0.468 e. The topological polar surface area (TPSA) is 43.4 Å². The lowest BCUT2D eigenvalue weighted by atomic mass is 9.89. The third kappa shape index (κ3) is 2.59. The molecule has 0 N–H and O–H groups in total. The maximum Gasteiger partial charge on any atom is 0.317 e. The highest BCUT2D eigenvalue weighted by molar-refractivity contribution is 6.03. The van der Waals surface area contributed by atoms with Crippen LogP contribution in [-0.2, 0) is 14.3 Å². The number of carbonyl (C=O) groups excluding carboxylic acids is 2. The van der Waals surface area contributed by atoms with E-state index in [4.69, 9.17) is 0 Å². The van der Waals surface area contributed by atoms with Gasteiger partial charge in [0.25, 0.3) is 0 Å². The van der Waals surface area contributed by atoms with Crippen LogP contribution >= 0.6 is 0 Å². The zero-order valence-corrected chi connectivity index (χ0v) is 9.42. The van der Waals surface area contributed by atoms with Crippen LogP contribution in [0.25, 0.3) is 0 Å². The van der Waals surface area contributed by atoms with Gasteiger partial charge in [0.05, 0.1) is 7.11 Å². The Morgan fingerprint density at radius 2 is 2.07 bits per heavy atom. The summed E-state index contributed by atoms with van der Waals surface area (Å²) in [5.41, 5.74) is -0.297. The first-order valence-electron chi connectivity index (χ1n) is 5.07. The fourth-order valence-electron chi connectivity index (χ4n) is 1.48. The van der Waals surface area contributed by atoms with E-state index in [0.29, 0.717) is 0 Å². The Kier molecular flexibility index (Phi) is 3.52. The summed E-state index contributed by atoms with van der Waals surface area (Å²) < 4.78 is 4.63. The summed E-state index contributed by atoms with van der Waals surface area (Å²) in [4.78, 5) is 23.4. The van der Waals surface area contributed by atoms with E-state index in [-0.39, 0.29) is 17.6 Å². The molecule has 1 unspecified atom stereocenters. The summed E-state index contributed by atoms with van der Waals surface area (Å²) in [5.74, 6) is 4.29. The van der Waals surface area contributed by atoms with E-state index in [2.05, 4.69) is 16.6 Å². The second kappa shape index (κ2) is 4.48. The van der Waals surface area contributed by atoms with E-state index in [1.807, 2.05) is 6.92 Å². The molecule has 1 atom stereocenters. The molecule has 0 bridgehead atoms. The van der Waals surface area contributed by atoms with E-state index in [1.165, 1.54) is 7.11 Å². The summed E-state index contributed by atoms with van der Waals surface area (Å²) in [7, 11) is 1.30. The summed E-state index contributed by atoms with van der Waals surface area (Å²) >= 11 is 0. The van der Waals surface area contributed by atoms with Crippen molar-refractivity contribution in [2.24, 2.45) is 11.3 Å². The third-order valence-corrected chi connectivity index (χ3v) is 2.88. The number of esters is 1. The molecule has 1 fully saturated rings. The van der Waals surface area contributed by atoms with Gasteiger partial charge in [-0.25, -0.2) is 0 Å². The summed E-state index contributed by atoms with van der Waals surface area (Å²) in [5, 5.41) is 0. The Balaban J connectivity index is 2.74. The molecule has 0 spiro atoms. The van der Waals surface area contributed by atoms with Gasteiger partial charge >= 0.3 is 5.97 Å². The van der Waals surface area contributed by atoms with Crippen LogP contribution in [-0.4, -0.2) is 18.9 Å². The van der Waals surface area contributed by atoms with Gasteiger partial charge < -0.3 is 4.74 Å². The minimum Gasteiger partial charge on any atom is -0.468 e. The van der Waals surface area contributed by atoms with Crippen molar-refractivity contribution in [2.45, 2.75) is 33.1 Å². The zero-order valence-electron chi connectivity index (χ0n) is 9.42. The average molecular weight is 208 g/mol. The SMILES string of the molecule is CC#CCC(C(=O)OC)C(=O)C1(C)CC1. The Bertz CT molecular complexity index is 329. The highest BCUT2D eigenvalue weighted by Crippen LogP contribution is 2.47. The number of Topliss-reactive ketones (excluding diaryl/α,β-unsaturated/α-hetero) is 1. The van der Waals surface area contributed by atoms with Crippen LogP contribution < -0.4 is 0 Å². The molecule has 1 aliphatic carbocycles. The molecule has 0 amide bonds. The minimum absolute atomic E-state index is 0.0166. The monoisotopic (exact) mass is 208 g/mol. The van der Waals surface area contributed by atoms with Gasteiger partial charge in [-0.3, -0.25) is 9.59 Å². The highest BCUT2D eigenvalue weighted by Gasteiger charge is 2.49. The van der Waals surface area contributed by atoms with Crippen molar-refractivity contribution in [1.29, 1.82) is 0 Å². The molecule has 0 aromatic carbocycles. The summed E-state index contributed by atoms with van der Waals surface area (Å²) in [6.45, 7) is 3.59. The lowest BCUT2D eigenvalue weighted by Gasteiger charge is -2.14. The van der Waals surface area contributed by atoms with E-state index in [1.54, 1.807) is 6.92 Å². The smallest absolute Gasteiger partial charge is 0.317 e. The Labute approximate surface area is 90.2 Å². The second-order valence-electron chi connectivity index (χ2n) is 4.13. The van der Waals surface area contributed by atoms with Crippen LogP contribution in [0.1, 0.15) is 33.1 Å². The molecular weight excluding hydrogens is 192 g/mol. The molecule has 0 aromatic heterocycles. The number of hydrogen-bond acceptors (Lipinski definition) is 3. The lowest BCUT2D eigenvalue weighted by Crippen LogP contribution is -2.30. The predicted molar refractivity (Wildman–Crippen MR) is 55.9 cm³/mol. The normalized spacial score (nSPS) is 18.3. The van der Waals surface area contributed by atoms with E-state index >= 15 is 0 Å².